The van der Waals surface area contributed by atoms with Crippen LogP contribution in [-0.2, 0) is 0 Å². The number of hydrogen-bond donors (Lipinski definition) is 2. The molecule has 0 aromatic carbocycles. The zero-order chi connectivity index (χ0) is 14.5. The average molecular weight is 280 g/mol. The quantitative estimate of drug-likeness (QED) is 0.538. The van der Waals surface area contributed by atoms with Gasteiger partial charge >= 0.3 is 0 Å². The van der Waals surface area contributed by atoms with Gasteiger partial charge in [0, 0.05) is 32.6 Å². The van der Waals surface area contributed by atoms with Crippen molar-refractivity contribution in [1.82, 2.24) is 9.80 Å². The third-order valence-electron chi connectivity index (χ3n) is 3.38. The van der Waals surface area contributed by atoms with E-state index in [1.165, 1.54) is 0 Å². The standard InChI is InChI=1S/C13H21FN6/c1-19-6-8-20(9-7-19)13(16)18-12(15)17-11-5-3-2-4-10(11)14/h3,5H,2,4,6-9H2,1H3,(H4,15,16,17,18). The molecule has 0 amide bonds. The van der Waals surface area contributed by atoms with Gasteiger partial charge in [-0.1, -0.05) is 6.08 Å². The van der Waals surface area contributed by atoms with Crippen LogP contribution in [0, 0.1) is 0 Å². The largest absolute Gasteiger partial charge is 0.369 e. The van der Waals surface area contributed by atoms with Crippen LogP contribution in [0.2, 0.25) is 0 Å². The number of aliphatic imine (C=N–C) groups is 2. The second-order valence-corrected chi connectivity index (χ2v) is 4.96. The third-order valence-corrected chi connectivity index (χ3v) is 3.38. The maximum Gasteiger partial charge on any atom is 0.223 e. The van der Waals surface area contributed by atoms with Crippen molar-refractivity contribution in [2.75, 3.05) is 33.2 Å². The molecule has 20 heavy (non-hydrogen) atoms. The van der Waals surface area contributed by atoms with E-state index in [1.807, 2.05) is 11.0 Å². The highest BCUT2D eigenvalue weighted by atomic mass is 19.1. The zero-order valence-electron chi connectivity index (χ0n) is 11.7. The summed E-state index contributed by atoms with van der Waals surface area (Å²) in [5, 5.41) is 0. The molecule has 0 unspecified atom stereocenters. The van der Waals surface area contributed by atoms with E-state index < -0.39 is 0 Å². The summed E-state index contributed by atoms with van der Waals surface area (Å²) in [6.45, 7) is 3.46. The molecule has 7 heteroatoms. The Labute approximate surface area is 118 Å². The van der Waals surface area contributed by atoms with Gasteiger partial charge in [-0.2, -0.15) is 4.99 Å². The molecule has 0 aromatic heterocycles. The number of hydrogen-bond acceptors (Lipinski definition) is 2. The fourth-order valence-electron chi connectivity index (χ4n) is 2.09. The molecule has 0 spiro atoms. The Hall–Kier alpha value is -1.89. The number of nitrogens with two attached hydrogens (primary N) is 2. The molecule has 1 heterocycles. The Bertz CT molecular complexity index is 471. The lowest BCUT2D eigenvalue weighted by Gasteiger charge is -2.32. The molecule has 0 atom stereocenters. The summed E-state index contributed by atoms with van der Waals surface area (Å²) in [4.78, 5) is 12.2. The van der Waals surface area contributed by atoms with Crippen LogP contribution < -0.4 is 11.5 Å². The van der Waals surface area contributed by atoms with E-state index in [-0.39, 0.29) is 17.5 Å². The van der Waals surface area contributed by atoms with Crippen LogP contribution in [-0.4, -0.2) is 54.9 Å². The monoisotopic (exact) mass is 280 g/mol. The van der Waals surface area contributed by atoms with Crippen LogP contribution in [0.1, 0.15) is 12.8 Å². The van der Waals surface area contributed by atoms with Crippen molar-refractivity contribution < 1.29 is 4.39 Å². The van der Waals surface area contributed by atoms with Gasteiger partial charge in [0.05, 0.1) is 5.70 Å². The molecule has 1 saturated heterocycles. The highest BCUT2D eigenvalue weighted by molar-refractivity contribution is 5.93. The van der Waals surface area contributed by atoms with Gasteiger partial charge in [-0.3, -0.25) is 0 Å². The van der Waals surface area contributed by atoms with Crippen molar-refractivity contribution in [2.24, 2.45) is 21.5 Å². The third kappa shape index (κ3) is 3.80. The first-order valence-corrected chi connectivity index (χ1v) is 6.73. The molecule has 0 radical (unpaired) electrons. The first kappa shape index (κ1) is 14.5. The van der Waals surface area contributed by atoms with Crippen LogP contribution in [0.4, 0.5) is 4.39 Å². The Morgan fingerprint density at radius 3 is 2.60 bits per heavy atom. The number of nitrogens with zero attached hydrogens (tertiary/aromatic N) is 4. The summed E-state index contributed by atoms with van der Waals surface area (Å²) in [5.74, 6) is 0.0575. The zero-order valence-corrected chi connectivity index (χ0v) is 11.7. The summed E-state index contributed by atoms with van der Waals surface area (Å²) in [5.41, 5.74) is 11.9. The van der Waals surface area contributed by atoms with Crippen LogP contribution in [0.25, 0.3) is 0 Å². The lowest BCUT2D eigenvalue weighted by Crippen LogP contribution is -2.50. The van der Waals surface area contributed by atoms with Gasteiger partial charge in [0.1, 0.15) is 5.83 Å². The Kier molecular flexibility index (Phi) is 4.73. The fraction of sp³-hybridized carbons (Fsp3) is 0.538. The number of rotatable bonds is 1. The fourth-order valence-corrected chi connectivity index (χ4v) is 2.09. The second kappa shape index (κ2) is 6.51. The number of piperazine rings is 1. The molecule has 1 aliphatic carbocycles. The maximum absolute atomic E-state index is 13.5. The summed E-state index contributed by atoms with van der Waals surface area (Å²) < 4.78 is 13.5. The molecule has 1 fully saturated rings. The number of guanidine groups is 2. The summed E-state index contributed by atoms with van der Waals surface area (Å²) in [7, 11) is 2.06. The highest BCUT2D eigenvalue weighted by Gasteiger charge is 2.15. The molecule has 110 valence electrons. The molecular weight excluding hydrogens is 259 g/mol. The minimum Gasteiger partial charge on any atom is -0.369 e. The predicted octanol–water partition coefficient (Wildman–Crippen LogP) is 0.394. The Balaban J connectivity index is 2.03. The lowest BCUT2D eigenvalue weighted by molar-refractivity contribution is 0.214. The number of allylic oxidation sites excluding steroid dienone is 3. The van der Waals surface area contributed by atoms with E-state index in [9.17, 15) is 4.39 Å². The molecule has 0 saturated carbocycles. The molecule has 1 aliphatic heterocycles. The van der Waals surface area contributed by atoms with Gasteiger partial charge in [0.2, 0.25) is 5.96 Å². The minimum absolute atomic E-state index is 0.0156. The van der Waals surface area contributed by atoms with Gasteiger partial charge < -0.3 is 21.3 Å². The Morgan fingerprint density at radius 2 is 1.95 bits per heavy atom. The van der Waals surface area contributed by atoms with Gasteiger partial charge in [0.25, 0.3) is 0 Å². The van der Waals surface area contributed by atoms with E-state index in [1.54, 1.807) is 6.08 Å². The summed E-state index contributed by atoms with van der Waals surface area (Å²) in [6, 6.07) is 0. The molecule has 0 bridgehead atoms. The van der Waals surface area contributed by atoms with Gasteiger partial charge in [-0.15, -0.1) is 0 Å². The Morgan fingerprint density at radius 1 is 1.25 bits per heavy atom. The number of likely N-dealkylation sites (N-methyl/N-ethyl adjacent to an activating group) is 1. The molecular formula is C13H21FN6. The van der Waals surface area contributed by atoms with E-state index in [0.717, 1.165) is 26.2 Å². The summed E-state index contributed by atoms with van der Waals surface area (Å²) in [6.07, 6.45) is 4.54. The first-order chi connectivity index (χ1) is 9.56. The smallest absolute Gasteiger partial charge is 0.223 e. The van der Waals surface area contributed by atoms with Gasteiger partial charge in [0.15, 0.2) is 5.96 Å². The highest BCUT2D eigenvalue weighted by Crippen LogP contribution is 2.20. The van der Waals surface area contributed by atoms with Crippen molar-refractivity contribution in [3.05, 3.63) is 23.7 Å². The molecule has 4 N–H and O–H groups in total. The molecule has 6 nitrogen and oxygen atoms in total. The second-order valence-electron chi connectivity index (χ2n) is 4.96. The molecule has 2 rings (SSSR count). The molecule has 0 aromatic rings. The molecule has 2 aliphatic rings. The van der Waals surface area contributed by atoms with Crippen LogP contribution in [0.15, 0.2) is 33.7 Å². The van der Waals surface area contributed by atoms with Crippen molar-refractivity contribution in [2.45, 2.75) is 12.8 Å². The van der Waals surface area contributed by atoms with Crippen LogP contribution >= 0.6 is 0 Å². The van der Waals surface area contributed by atoms with Crippen LogP contribution in [0.5, 0.6) is 0 Å². The number of halogens is 1. The average Bonchev–Trinajstić information content (AvgIpc) is 2.42. The predicted molar refractivity (Wildman–Crippen MR) is 78.8 cm³/mol. The van der Waals surface area contributed by atoms with E-state index in [0.29, 0.717) is 18.8 Å². The van der Waals surface area contributed by atoms with E-state index in [4.69, 9.17) is 11.5 Å². The minimum atomic E-state index is -0.260. The van der Waals surface area contributed by atoms with E-state index in [2.05, 4.69) is 21.9 Å². The van der Waals surface area contributed by atoms with Gasteiger partial charge in [-0.05, 0) is 19.5 Å². The summed E-state index contributed by atoms with van der Waals surface area (Å²) >= 11 is 0. The van der Waals surface area contributed by atoms with Crippen LogP contribution in [0.3, 0.4) is 0 Å². The normalized spacial score (nSPS) is 22.6. The SMILES string of the molecule is CN1CCN(C(N)=NC(N)=NC2=C(F)CCC=C2)CC1. The topological polar surface area (TPSA) is 83.2 Å². The lowest BCUT2D eigenvalue weighted by atomic mass is 10.1. The van der Waals surface area contributed by atoms with Gasteiger partial charge in [-0.25, -0.2) is 9.38 Å². The van der Waals surface area contributed by atoms with Crippen molar-refractivity contribution >= 4 is 11.9 Å². The van der Waals surface area contributed by atoms with Crippen molar-refractivity contribution in [3.8, 4) is 0 Å². The maximum atomic E-state index is 13.5. The first-order valence-electron chi connectivity index (χ1n) is 6.73. The van der Waals surface area contributed by atoms with E-state index >= 15 is 0 Å². The van der Waals surface area contributed by atoms with Crippen molar-refractivity contribution in [3.63, 3.8) is 0 Å². The van der Waals surface area contributed by atoms with Crippen molar-refractivity contribution in [1.29, 1.82) is 0 Å².